The van der Waals surface area contributed by atoms with Crippen LogP contribution in [0.3, 0.4) is 0 Å². The molecule has 0 amide bonds. The minimum Gasteiger partial charge on any atom is -1.00 e. The van der Waals surface area contributed by atoms with Crippen molar-refractivity contribution in [2.24, 2.45) is 0 Å². The van der Waals surface area contributed by atoms with Gasteiger partial charge in [0, 0.05) is 0 Å². The van der Waals surface area contributed by atoms with Crippen LogP contribution in [0.4, 0.5) is 0 Å². The van der Waals surface area contributed by atoms with E-state index in [1.54, 1.807) is 0 Å². The van der Waals surface area contributed by atoms with Crippen molar-refractivity contribution in [1.82, 2.24) is 0 Å². The summed E-state index contributed by atoms with van der Waals surface area (Å²) < 4.78 is 0. The summed E-state index contributed by atoms with van der Waals surface area (Å²) in [5.74, 6) is 0. The zero-order valence-corrected chi connectivity index (χ0v) is 22.3. The molecule has 0 aliphatic carbocycles. The van der Waals surface area contributed by atoms with Crippen LogP contribution in [-0.2, 0) is 26.2 Å². The van der Waals surface area contributed by atoms with Gasteiger partial charge >= 0.3 is 26.2 Å². The first-order valence-electron chi connectivity index (χ1n) is 9.37. The van der Waals surface area contributed by atoms with Crippen molar-refractivity contribution in [2.45, 2.75) is 26.3 Å². The second-order valence-electron chi connectivity index (χ2n) is 6.32. The number of nitrogens with one attached hydrogen (secondary N) is 1. The Labute approximate surface area is 215 Å². The van der Waals surface area contributed by atoms with Gasteiger partial charge < -0.3 is 30.5 Å². The molecule has 154 valence electrons. The Bertz CT molecular complexity index is 815. The van der Waals surface area contributed by atoms with E-state index in [2.05, 4.69) is 103 Å². The zero-order chi connectivity index (χ0) is 19.3. The van der Waals surface area contributed by atoms with Gasteiger partial charge in [-0.05, 0) is 0 Å². The second kappa shape index (κ2) is 18.7. The predicted molar refractivity (Wildman–Crippen MR) is 122 cm³/mol. The molecule has 0 aromatic heterocycles. The van der Waals surface area contributed by atoms with Gasteiger partial charge in [0.2, 0.25) is 0 Å². The molecule has 0 saturated heterocycles. The Morgan fingerprint density at radius 2 is 1.20 bits per heavy atom. The Morgan fingerprint density at radius 1 is 0.767 bits per heavy atom. The smallest absolute Gasteiger partial charge is 1.00 e. The number of hydrogen-bond donors (Lipinski definition) is 0. The molecule has 0 spiro atoms. The number of hydrogen-bond acceptors (Lipinski definition) is 0. The van der Waals surface area contributed by atoms with E-state index < -0.39 is 0 Å². The van der Waals surface area contributed by atoms with Gasteiger partial charge in [0.25, 0.3) is 0 Å². The third-order valence-corrected chi connectivity index (χ3v) is 5.24. The van der Waals surface area contributed by atoms with Crippen LogP contribution >= 0.6 is 0 Å². The van der Waals surface area contributed by atoms with E-state index >= 15 is 0 Å². The average Bonchev–Trinajstić information content (AvgIpc) is 3.19. The van der Waals surface area contributed by atoms with Crippen LogP contribution < -0.4 is 35.2 Å². The number of fused-ring (bicyclic) bond motifs is 1. The van der Waals surface area contributed by atoms with Crippen molar-refractivity contribution < 1.29 is 51.0 Å². The Hall–Kier alpha value is -1.09. The molecule has 1 atom stereocenters. The monoisotopic (exact) mass is 529 g/mol. The molecule has 5 heteroatoms. The van der Waals surface area contributed by atoms with E-state index in [9.17, 15) is 0 Å². The molecule has 0 heterocycles. The van der Waals surface area contributed by atoms with E-state index in [4.69, 9.17) is 5.73 Å². The first kappa shape index (κ1) is 31.1. The number of rotatable bonds is 3. The van der Waals surface area contributed by atoms with Gasteiger partial charge in [-0.3, -0.25) is 0 Å². The van der Waals surface area contributed by atoms with Crippen LogP contribution in [0.5, 0.6) is 0 Å². The van der Waals surface area contributed by atoms with E-state index in [0.29, 0.717) is 0 Å². The number of benzene rings is 3. The van der Waals surface area contributed by atoms with Crippen LogP contribution in [0.25, 0.3) is 16.5 Å². The first-order valence-corrected chi connectivity index (χ1v) is 10.4. The minimum absolute atomic E-state index is 0. The van der Waals surface area contributed by atoms with Crippen LogP contribution in [-0.4, -0.2) is 15.6 Å². The van der Waals surface area contributed by atoms with Crippen LogP contribution in [0.1, 0.15) is 20.3 Å². The molecule has 4 aromatic rings. The fourth-order valence-corrected chi connectivity index (χ4v) is 3.33. The third-order valence-electron chi connectivity index (χ3n) is 4.00. The largest absolute Gasteiger partial charge is 4.00 e. The fraction of sp³-hybridized carbons (Fsp3) is 0.160. The summed E-state index contributed by atoms with van der Waals surface area (Å²) >= 11 is 0. The van der Waals surface area contributed by atoms with Gasteiger partial charge in [-0.1, -0.05) is 97.4 Å². The maximum atomic E-state index is 6.83. The van der Waals surface area contributed by atoms with Crippen LogP contribution in [0.15, 0.2) is 103 Å². The van der Waals surface area contributed by atoms with Crippen molar-refractivity contribution >= 4 is 30.7 Å². The van der Waals surface area contributed by atoms with Gasteiger partial charge in [0.15, 0.2) is 0 Å². The van der Waals surface area contributed by atoms with Gasteiger partial charge in [0.1, 0.15) is 9.52 Å². The summed E-state index contributed by atoms with van der Waals surface area (Å²) in [5.41, 5.74) is 6.83. The molecular weight excluding hydrogens is 504 g/mol. The Balaban J connectivity index is 0. The van der Waals surface area contributed by atoms with Crippen molar-refractivity contribution in [3.8, 4) is 0 Å². The zero-order valence-electron chi connectivity index (χ0n) is 17.4. The summed E-state index contributed by atoms with van der Waals surface area (Å²) in [6, 6.07) is 36.0. The van der Waals surface area contributed by atoms with Gasteiger partial charge in [-0.2, -0.15) is 17.5 Å². The molecule has 1 unspecified atom stereocenters. The molecule has 0 bridgehead atoms. The topological polar surface area (TPSA) is 23.8 Å². The summed E-state index contributed by atoms with van der Waals surface area (Å²) in [5, 5.41) is 5.46. The molecule has 1 N–H and O–H groups in total. The molecule has 1 nitrogen and oxygen atoms in total. The molecule has 0 saturated carbocycles. The summed E-state index contributed by atoms with van der Waals surface area (Å²) in [6.07, 6.45) is 0.972. The quantitative estimate of drug-likeness (QED) is 0.257. The molecule has 4 aromatic carbocycles. The third kappa shape index (κ3) is 12.6. The molecule has 0 aliphatic rings. The summed E-state index contributed by atoms with van der Waals surface area (Å²) in [4.78, 5) is 0. The van der Waals surface area contributed by atoms with Crippen molar-refractivity contribution in [1.29, 1.82) is 0 Å². The fourth-order valence-electron chi connectivity index (χ4n) is 2.28. The van der Waals surface area contributed by atoms with Crippen LogP contribution in [0, 0.1) is 0 Å². The summed E-state index contributed by atoms with van der Waals surface area (Å²) in [6.45, 7) is 3.90. The Kier molecular flexibility index (Phi) is 19.3. The minimum atomic E-state index is 0. The number of halogens is 2. The maximum absolute atomic E-state index is 6.83. The average molecular weight is 532 g/mol. The van der Waals surface area contributed by atoms with E-state index in [1.165, 1.54) is 21.1 Å². The normalized spacial score (nSPS) is 9.83. The van der Waals surface area contributed by atoms with Crippen molar-refractivity contribution in [3.05, 3.63) is 109 Å². The maximum Gasteiger partial charge on any atom is 4.00 e. The predicted octanol–water partition coefficient (Wildman–Crippen LogP) is -0.257. The molecule has 0 aliphatic heterocycles. The standard InChI is InChI=1S/C12H10Si.C9H7.C4H10N.2ClH.Zr/c1-3-7-11(8-4-1)13-12-9-5-2-6-10-12;1-2-5-9-7-3-6-8(9)4-1;1-3-4(2)5;;;/h1-10H;1-7H;4-5H,3H2,1-2H3;2*1H;/q;2*-1;;;+4/p-2. The van der Waals surface area contributed by atoms with Gasteiger partial charge in [-0.25, -0.2) is 0 Å². The summed E-state index contributed by atoms with van der Waals surface area (Å²) in [7, 11) is 0.777. The van der Waals surface area contributed by atoms with Gasteiger partial charge in [-0.15, -0.1) is 35.7 Å². The van der Waals surface area contributed by atoms with Crippen molar-refractivity contribution in [2.75, 3.05) is 0 Å². The molecule has 30 heavy (non-hydrogen) atoms. The van der Waals surface area contributed by atoms with E-state index in [-0.39, 0.29) is 57.1 Å². The Morgan fingerprint density at radius 3 is 1.63 bits per heavy atom. The van der Waals surface area contributed by atoms with Crippen molar-refractivity contribution in [3.63, 3.8) is 0 Å². The van der Waals surface area contributed by atoms with E-state index in [1.807, 2.05) is 13.8 Å². The SMILES string of the molecule is CCC(C)[NH-].[Cl-].[Cl-].[Zr+4].c1ccc([Si]c2ccccc2)cc1.c1ccc2[cH-]ccc2c1. The first-order chi connectivity index (χ1) is 13.2. The molecule has 4 rings (SSSR count). The van der Waals surface area contributed by atoms with Gasteiger partial charge in [0.05, 0.1) is 0 Å². The second-order valence-corrected chi connectivity index (χ2v) is 7.73. The molecular formula is C25H27Cl2NSiZr. The van der Waals surface area contributed by atoms with Crippen LogP contribution in [0.2, 0.25) is 0 Å². The molecule has 0 fully saturated rings. The van der Waals surface area contributed by atoms with E-state index in [0.717, 1.165) is 15.9 Å². The molecule has 2 radical (unpaired) electrons.